The maximum Gasteiger partial charge on any atom is 0.337 e. The number of aliphatic hydroxyl groups is 1. The number of carbonyl (C=O) groups is 1. The molecule has 5 heteroatoms. The summed E-state index contributed by atoms with van der Waals surface area (Å²) >= 11 is 0. The molecule has 1 aromatic rings. The molecule has 1 N–H and O–H groups in total. The van der Waals surface area contributed by atoms with E-state index in [-0.39, 0.29) is 23.6 Å². The van der Waals surface area contributed by atoms with E-state index in [0.29, 0.717) is 12.1 Å². The first-order valence-electron chi connectivity index (χ1n) is 6.88. The molecule has 0 saturated carbocycles. The van der Waals surface area contributed by atoms with E-state index in [2.05, 4.69) is 4.74 Å². The SMILES string of the molecule is COC(=O)c1ccc(CN(C)C(CO)C(C)(C)C)c(F)c1. The number of esters is 1. The van der Waals surface area contributed by atoms with Crippen LogP contribution in [0, 0.1) is 11.2 Å². The molecule has 0 saturated heterocycles. The third-order valence-electron chi connectivity index (χ3n) is 3.60. The summed E-state index contributed by atoms with van der Waals surface area (Å²) in [6.45, 7) is 6.45. The Kier molecular flexibility index (Phi) is 5.87. The largest absolute Gasteiger partial charge is 0.465 e. The number of carbonyl (C=O) groups excluding carboxylic acids is 1. The van der Waals surface area contributed by atoms with Gasteiger partial charge in [-0.1, -0.05) is 26.8 Å². The molecule has 0 radical (unpaired) electrons. The predicted octanol–water partition coefficient (Wildman–Crippen LogP) is 2.45. The Morgan fingerprint density at radius 2 is 2.05 bits per heavy atom. The molecule has 1 aromatic carbocycles. The van der Waals surface area contributed by atoms with Gasteiger partial charge in [-0.25, -0.2) is 9.18 Å². The maximum absolute atomic E-state index is 14.1. The second-order valence-electron chi connectivity index (χ2n) is 6.28. The van der Waals surface area contributed by atoms with Crippen LogP contribution in [0.5, 0.6) is 0 Å². The van der Waals surface area contributed by atoms with Gasteiger partial charge in [0, 0.05) is 18.2 Å². The molecule has 21 heavy (non-hydrogen) atoms. The summed E-state index contributed by atoms with van der Waals surface area (Å²) in [5.41, 5.74) is 0.551. The van der Waals surface area contributed by atoms with E-state index in [0.717, 1.165) is 0 Å². The summed E-state index contributed by atoms with van der Waals surface area (Å²) in [5.74, 6) is -1.01. The Labute approximate surface area is 125 Å². The molecule has 4 nitrogen and oxygen atoms in total. The zero-order valence-electron chi connectivity index (χ0n) is 13.3. The minimum atomic E-state index is -0.559. The lowest BCUT2D eigenvalue weighted by molar-refractivity contribution is 0.0599. The highest BCUT2D eigenvalue weighted by atomic mass is 19.1. The van der Waals surface area contributed by atoms with Crippen molar-refractivity contribution < 1.29 is 19.0 Å². The van der Waals surface area contributed by atoms with Crippen molar-refractivity contribution >= 4 is 5.97 Å². The van der Waals surface area contributed by atoms with Crippen molar-refractivity contribution in [2.24, 2.45) is 5.41 Å². The number of hydrogen-bond acceptors (Lipinski definition) is 4. The molecule has 1 rings (SSSR count). The lowest BCUT2D eigenvalue weighted by Gasteiger charge is -2.36. The molecule has 0 amide bonds. The normalized spacial score (nSPS) is 13.3. The first kappa shape index (κ1) is 17.6. The van der Waals surface area contributed by atoms with Gasteiger partial charge in [0.1, 0.15) is 5.82 Å². The molecule has 1 unspecified atom stereocenters. The molecule has 0 heterocycles. The Balaban J connectivity index is 2.90. The summed E-state index contributed by atoms with van der Waals surface area (Å²) in [7, 11) is 3.11. The molecule has 0 bridgehead atoms. The molecular weight excluding hydrogens is 273 g/mol. The van der Waals surface area contributed by atoms with Gasteiger partial charge in [-0.05, 0) is 24.6 Å². The van der Waals surface area contributed by atoms with E-state index >= 15 is 0 Å². The van der Waals surface area contributed by atoms with Crippen molar-refractivity contribution in [2.75, 3.05) is 20.8 Å². The third kappa shape index (κ3) is 4.51. The van der Waals surface area contributed by atoms with Crippen LogP contribution in [0.4, 0.5) is 4.39 Å². The average molecular weight is 297 g/mol. The summed E-state index contributed by atoms with van der Waals surface area (Å²) in [4.78, 5) is 13.3. The van der Waals surface area contributed by atoms with E-state index in [4.69, 9.17) is 0 Å². The van der Waals surface area contributed by atoms with Gasteiger partial charge in [-0.2, -0.15) is 0 Å². The number of likely N-dealkylation sites (N-methyl/N-ethyl adjacent to an activating group) is 1. The Bertz CT molecular complexity index is 497. The highest BCUT2D eigenvalue weighted by Crippen LogP contribution is 2.25. The molecule has 0 spiro atoms. The van der Waals surface area contributed by atoms with Crippen LogP contribution < -0.4 is 0 Å². The van der Waals surface area contributed by atoms with Crippen molar-refractivity contribution in [3.8, 4) is 0 Å². The van der Waals surface area contributed by atoms with Crippen LogP contribution in [0.25, 0.3) is 0 Å². The van der Waals surface area contributed by atoms with Crippen LogP contribution in [0.2, 0.25) is 0 Å². The topological polar surface area (TPSA) is 49.8 Å². The number of halogens is 1. The third-order valence-corrected chi connectivity index (χ3v) is 3.60. The van der Waals surface area contributed by atoms with Gasteiger partial charge in [0.05, 0.1) is 19.3 Å². The number of benzene rings is 1. The van der Waals surface area contributed by atoms with Crippen LogP contribution >= 0.6 is 0 Å². The van der Waals surface area contributed by atoms with Crippen LogP contribution in [-0.2, 0) is 11.3 Å². The Morgan fingerprint density at radius 1 is 1.43 bits per heavy atom. The van der Waals surface area contributed by atoms with E-state index in [1.165, 1.54) is 13.2 Å². The second kappa shape index (κ2) is 7.00. The first-order chi connectivity index (χ1) is 9.70. The Morgan fingerprint density at radius 3 is 2.48 bits per heavy atom. The summed E-state index contributed by atoms with van der Waals surface area (Å²) in [6, 6.07) is 4.22. The zero-order valence-corrected chi connectivity index (χ0v) is 13.3. The van der Waals surface area contributed by atoms with Gasteiger partial charge in [0.15, 0.2) is 0 Å². The first-order valence-corrected chi connectivity index (χ1v) is 6.88. The van der Waals surface area contributed by atoms with Crippen LogP contribution in [0.3, 0.4) is 0 Å². The van der Waals surface area contributed by atoms with E-state index < -0.39 is 11.8 Å². The standard InChI is InChI=1S/C16H24FNO3/c1-16(2,3)14(10-19)18(4)9-12-7-6-11(8-13(12)17)15(20)21-5/h6-8,14,19H,9-10H2,1-5H3. The number of nitrogens with zero attached hydrogens (tertiary/aromatic N) is 1. The molecule has 0 aromatic heterocycles. The summed E-state index contributed by atoms with van der Waals surface area (Å²) in [6.07, 6.45) is 0. The van der Waals surface area contributed by atoms with E-state index in [9.17, 15) is 14.3 Å². The smallest absolute Gasteiger partial charge is 0.337 e. The monoisotopic (exact) mass is 297 g/mol. The lowest BCUT2D eigenvalue weighted by atomic mass is 9.86. The lowest BCUT2D eigenvalue weighted by Crippen LogP contribution is -2.44. The molecule has 0 aliphatic rings. The van der Waals surface area contributed by atoms with E-state index in [1.54, 1.807) is 12.1 Å². The van der Waals surface area contributed by atoms with Gasteiger partial charge < -0.3 is 9.84 Å². The summed E-state index contributed by atoms with van der Waals surface area (Å²) in [5, 5.41) is 9.53. The number of methoxy groups -OCH3 is 1. The highest BCUT2D eigenvalue weighted by Gasteiger charge is 2.28. The average Bonchev–Trinajstić information content (AvgIpc) is 2.39. The minimum Gasteiger partial charge on any atom is -0.465 e. The summed E-state index contributed by atoms with van der Waals surface area (Å²) < 4.78 is 18.6. The van der Waals surface area contributed by atoms with Gasteiger partial charge in [-0.3, -0.25) is 4.90 Å². The molecule has 1 atom stereocenters. The fraction of sp³-hybridized carbons (Fsp3) is 0.562. The van der Waals surface area contributed by atoms with Gasteiger partial charge in [0.2, 0.25) is 0 Å². The quantitative estimate of drug-likeness (QED) is 0.848. The Hall–Kier alpha value is -1.46. The highest BCUT2D eigenvalue weighted by molar-refractivity contribution is 5.89. The fourth-order valence-electron chi connectivity index (χ4n) is 2.37. The molecule has 0 aliphatic heterocycles. The van der Waals surface area contributed by atoms with Crippen molar-refractivity contribution in [3.63, 3.8) is 0 Å². The van der Waals surface area contributed by atoms with Crippen LogP contribution in [-0.4, -0.2) is 42.8 Å². The zero-order chi connectivity index (χ0) is 16.2. The maximum atomic E-state index is 14.1. The number of aliphatic hydroxyl groups excluding tert-OH is 1. The molecule has 0 aliphatic carbocycles. The number of hydrogen-bond donors (Lipinski definition) is 1. The molecule has 118 valence electrons. The van der Waals surface area contributed by atoms with E-state index in [1.807, 2.05) is 32.7 Å². The minimum absolute atomic E-state index is 0.00185. The molecular formula is C16H24FNO3. The van der Waals surface area contributed by atoms with Crippen molar-refractivity contribution in [3.05, 3.63) is 35.1 Å². The molecule has 0 fully saturated rings. The van der Waals surface area contributed by atoms with Crippen molar-refractivity contribution in [1.29, 1.82) is 0 Å². The van der Waals surface area contributed by atoms with Crippen molar-refractivity contribution in [2.45, 2.75) is 33.4 Å². The van der Waals surface area contributed by atoms with Gasteiger partial charge >= 0.3 is 5.97 Å². The van der Waals surface area contributed by atoms with Gasteiger partial charge in [0.25, 0.3) is 0 Å². The van der Waals surface area contributed by atoms with Crippen LogP contribution in [0.15, 0.2) is 18.2 Å². The van der Waals surface area contributed by atoms with Crippen LogP contribution in [0.1, 0.15) is 36.7 Å². The van der Waals surface area contributed by atoms with Crippen molar-refractivity contribution in [1.82, 2.24) is 4.90 Å². The predicted molar refractivity (Wildman–Crippen MR) is 79.5 cm³/mol. The number of ether oxygens (including phenoxy) is 1. The van der Waals surface area contributed by atoms with Gasteiger partial charge in [-0.15, -0.1) is 0 Å². The second-order valence-corrected chi connectivity index (χ2v) is 6.28. The number of rotatable bonds is 5. The fourth-order valence-corrected chi connectivity index (χ4v) is 2.37.